The van der Waals surface area contributed by atoms with E-state index in [1.165, 1.54) is 30.6 Å². The fraction of sp³-hybridized carbons (Fsp3) is 0.542. The average molecular weight is 424 g/mol. The van der Waals surface area contributed by atoms with Gasteiger partial charge in [0.2, 0.25) is 5.91 Å². The van der Waals surface area contributed by atoms with Gasteiger partial charge in [0.25, 0.3) is 5.56 Å². The van der Waals surface area contributed by atoms with Crippen molar-refractivity contribution < 1.29 is 4.79 Å². The van der Waals surface area contributed by atoms with Crippen LogP contribution < -0.4 is 10.9 Å². The smallest absolute Gasteiger partial charge is 0.291 e. The van der Waals surface area contributed by atoms with Gasteiger partial charge in [-0.05, 0) is 50.8 Å². The van der Waals surface area contributed by atoms with E-state index in [0.29, 0.717) is 24.9 Å². The van der Waals surface area contributed by atoms with Crippen molar-refractivity contribution in [1.82, 2.24) is 24.6 Å². The number of aryl methyl sites for hydroxylation is 2. The van der Waals surface area contributed by atoms with Gasteiger partial charge in [-0.1, -0.05) is 25.1 Å². The SMILES string of the molecule is C[C@H]1CCCN(CCCNC(=O)CCCn2c3ccccc3c3cnn(C)c(=O)c32)C1. The van der Waals surface area contributed by atoms with Crippen LogP contribution in [0, 0.1) is 5.92 Å². The first-order valence-corrected chi connectivity index (χ1v) is 11.5. The van der Waals surface area contributed by atoms with Crippen LogP contribution in [0.1, 0.15) is 39.0 Å². The van der Waals surface area contributed by atoms with E-state index in [0.717, 1.165) is 41.7 Å². The highest BCUT2D eigenvalue weighted by molar-refractivity contribution is 6.07. The molecule has 4 rings (SSSR count). The van der Waals surface area contributed by atoms with Crippen LogP contribution in [0.15, 0.2) is 35.3 Å². The number of nitrogens with zero attached hydrogens (tertiary/aromatic N) is 4. The van der Waals surface area contributed by atoms with E-state index in [9.17, 15) is 9.59 Å². The minimum atomic E-state index is -0.106. The van der Waals surface area contributed by atoms with Crippen LogP contribution in [0.5, 0.6) is 0 Å². The van der Waals surface area contributed by atoms with Gasteiger partial charge in [0.05, 0.1) is 6.20 Å². The number of aromatic nitrogens is 3. The number of benzene rings is 1. The molecule has 31 heavy (non-hydrogen) atoms. The Labute approximate surface area is 183 Å². The minimum absolute atomic E-state index is 0.0855. The quantitative estimate of drug-likeness (QED) is 0.566. The Morgan fingerprint density at radius 1 is 1.19 bits per heavy atom. The van der Waals surface area contributed by atoms with Crippen molar-refractivity contribution in [3.05, 3.63) is 40.8 Å². The number of rotatable bonds is 8. The Morgan fingerprint density at radius 2 is 2.03 bits per heavy atom. The molecule has 0 aliphatic carbocycles. The van der Waals surface area contributed by atoms with Gasteiger partial charge < -0.3 is 14.8 Å². The summed E-state index contributed by atoms with van der Waals surface area (Å²) in [5.41, 5.74) is 1.57. The van der Waals surface area contributed by atoms with Crippen LogP contribution in [0.2, 0.25) is 0 Å². The number of para-hydroxylation sites is 1. The molecule has 7 nitrogen and oxygen atoms in total. The fourth-order valence-corrected chi connectivity index (χ4v) is 4.78. The maximum atomic E-state index is 12.7. The second kappa shape index (κ2) is 9.64. The first-order valence-electron chi connectivity index (χ1n) is 11.5. The summed E-state index contributed by atoms with van der Waals surface area (Å²) in [6.07, 6.45) is 6.52. The predicted molar refractivity (Wildman–Crippen MR) is 124 cm³/mol. The van der Waals surface area contributed by atoms with Gasteiger partial charge in [0.1, 0.15) is 5.52 Å². The molecule has 1 aromatic carbocycles. The molecule has 1 atom stereocenters. The molecule has 3 aromatic rings. The topological polar surface area (TPSA) is 72.2 Å². The number of amides is 1. The van der Waals surface area contributed by atoms with Crippen molar-refractivity contribution in [1.29, 1.82) is 0 Å². The molecule has 0 bridgehead atoms. The molecule has 166 valence electrons. The standard InChI is InChI=1S/C24H33N5O2/c1-18-8-5-13-28(17-18)14-7-12-25-22(30)11-6-15-29-21-10-4-3-9-19(21)20-16-26-27(2)24(31)23(20)29/h3-4,9-10,16,18H,5-8,11-15,17H2,1-2H3,(H,25,30)/t18-/m0/s1. The minimum Gasteiger partial charge on any atom is -0.356 e. The van der Waals surface area contributed by atoms with Gasteiger partial charge in [-0.25, -0.2) is 4.68 Å². The van der Waals surface area contributed by atoms with E-state index < -0.39 is 0 Å². The van der Waals surface area contributed by atoms with E-state index in [1.807, 2.05) is 28.8 Å². The van der Waals surface area contributed by atoms with Crippen molar-refractivity contribution >= 4 is 27.7 Å². The summed E-state index contributed by atoms with van der Waals surface area (Å²) in [7, 11) is 1.67. The Hall–Kier alpha value is -2.67. The maximum absolute atomic E-state index is 12.7. The fourth-order valence-electron chi connectivity index (χ4n) is 4.78. The number of piperidine rings is 1. The van der Waals surface area contributed by atoms with Crippen LogP contribution in [-0.4, -0.2) is 51.3 Å². The Bertz CT molecular complexity index is 1120. The van der Waals surface area contributed by atoms with E-state index in [2.05, 4.69) is 22.2 Å². The number of hydrogen-bond donors (Lipinski definition) is 1. The molecule has 0 saturated carbocycles. The maximum Gasteiger partial charge on any atom is 0.291 e. The molecular formula is C24H33N5O2. The lowest BCUT2D eigenvalue weighted by molar-refractivity contribution is -0.121. The van der Waals surface area contributed by atoms with Crippen molar-refractivity contribution in [3.8, 4) is 0 Å². The highest BCUT2D eigenvalue weighted by Crippen LogP contribution is 2.26. The molecule has 1 amide bonds. The van der Waals surface area contributed by atoms with E-state index in [-0.39, 0.29) is 11.5 Å². The second-order valence-electron chi connectivity index (χ2n) is 8.86. The first-order chi connectivity index (χ1) is 15.0. The molecule has 2 aromatic heterocycles. The summed E-state index contributed by atoms with van der Waals surface area (Å²) in [6, 6.07) is 7.99. The van der Waals surface area contributed by atoms with E-state index in [1.54, 1.807) is 13.2 Å². The molecule has 1 saturated heterocycles. The van der Waals surface area contributed by atoms with Crippen LogP contribution in [-0.2, 0) is 18.4 Å². The van der Waals surface area contributed by atoms with E-state index in [4.69, 9.17) is 0 Å². The Kier molecular flexibility index (Phi) is 6.70. The summed E-state index contributed by atoms with van der Waals surface area (Å²) in [6.45, 7) is 7.10. The number of hydrogen-bond acceptors (Lipinski definition) is 4. The lowest BCUT2D eigenvalue weighted by Crippen LogP contribution is -2.36. The molecule has 0 unspecified atom stereocenters. The first kappa shape index (κ1) is 21.6. The monoisotopic (exact) mass is 423 g/mol. The van der Waals surface area contributed by atoms with Crippen LogP contribution in [0.4, 0.5) is 0 Å². The van der Waals surface area contributed by atoms with E-state index >= 15 is 0 Å². The van der Waals surface area contributed by atoms with Gasteiger partial charge in [0.15, 0.2) is 0 Å². The summed E-state index contributed by atoms with van der Waals surface area (Å²) >= 11 is 0. The van der Waals surface area contributed by atoms with Gasteiger partial charge in [-0.3, -0.25) is 9.59 Å². The van der Waals surface area contributed by atoms with Gasteiger partial charge in [0, 0.05) is 49.4 Å². The Balaban J connectivity index is 1.31. The number of likely N-dealkylation sites (tertiary alicyclic amines) is 1. The summed E-state index contributed by atoms with van der Waals surface area (Å²) in [5.74, 6) is 0.874. The molecule has 1 aliphatic heterocycles. The number of carbonyl (C=O) groups excluding carboxylic acids is 1. The van der Waals surface area contributed by atoms with Crippen LogP contribution in [0.3, 0.4) is 0 Å². The lowest BCUT2D eigenvalue weighted by atomic mass is 10.0. The molecule has 1 N–H and O–H groups in total. The number of fused-ring (bicyclic) bond motifs is 3. The molecule has 0 spiro atoms. The van der Waals surface area contributed by atoms with Gasteiger partial charge in [-0.2, -0.15) is 5.10 Å². The zero-order chi connectivity index (χ0) is 21.8. The zero-order valence-corrected chi connectivity index (χ0v) is 18.6. The summed E-state index contributed by atoms with van der Waals surface area (Å²) in [5, 5.41) is 9.14. The second-order valence-corrected chi connectivity index (χ2v) is 8.86. The number of nitrogens with one attached hydrogen (secondary N) is 1. The summed E-state index contributed by atoms with van der Waals surface area (Å²) < 4.78 is 3.41. The average Bonchev–Trinajstić information content (AvgIpc) is 3.08. The van der Waals surface area contributed by atoms with Crippen LogP contribution >= 0.6 is 0 Å². The van der Waals surface area contributed by atoms with Crippen molar-refractivity contribution in [2.75, 3.05) is 26.2 Å². The van der Waals surface area contributed by atoms with Gasteiger partial charge in [-0.15, -0.1) is 0 Å². The third kappa shape index (κ3) is 4.82. The predicted octanol–water partition coefficient (Wildman–Crippen LogP) is 2.91. The third-order valence-electron chi connectivity index (χ3n) is 6.37. The van der Waals surface area contributed by atoms with Gasteiger partial charge >= 0.3 is 0 Å². The number of carbonyl (C=O) groups is 1. The zero-order valence-electron chi connectivity index (χ0n) is 18.6. The normalized spacial score (nSPS) is 17.4. The molecule has 1 fully saturated rings. The largest absolute Gasteiger partial charge is 0.356 e. The highest BCUT2D eigenvalue weighted by Gasteiger charge is 2.16. The Morgan fingerprint density at radius 3 is 2.87 bits per heavy atom. The molecule has 7 heteroatoms. The molecule has 0 radical (unpaired) electrons. The molecular weight excluding hydrogens is 390 g/mol. The lowest BCUT2D eigenvalue weighted by Gasteiger charge is -2.30. The van der Waals surface area contributed by atoms with Crippen molar-refractivity contribution in [2.45, 2.75) is 45.6 Å². The van der Waals surface area contributed by atoms with Crippen molar-refractivity contribution in [3.63, 3.8) is 0 Å². The molecule has 1 aliphatic rings. The summed E-state index contributed by atoms with van der Waals surface area (Å²) in [4.78, 5) is 27.6. The third-order valence-corrected chi connectivity index (χ3v) is 6.37. The van der Waals surface area contributed by atoms with Crippen molar-refractivity contribution in [2.24, 2.45) is 13.0 Å². The highest BCUT2D eigenvalue weighted by atomic mass is 16.1. The molecule has 3 heterocycles. The van der Waals surface area contributed by atoms with Crippen LogP contribution in [0.25, 0.3) is 21.8 Å².